The number of piperazine rings is 1. The summed E-state index contributed by atoms with van der Waals surface area (Å²) in [5, 5.41) is 3.29. The average Bonchev–Trinajstić information content (AvgIpc) is 2.34. The van der Waals surface area contributed by atoms with Crippen LogP contribution in [0.25, 0.3) is 0 Å². The Bertz CT molecular complexity index is 368. The number of rotatable bonds is 3. The number of hydrogen-bond acceptors (Lipinski definition) is 2. The molecule has 1 fully saturated rings. The molecule has 1 N–H and O–H groups in total. The minimum absolute atomic E-state index is 0. The molecule has 2 nitrogen and oxygen atoms in total. The zero-order valence-corrected chi connectivity index (χ0v) is 11.8. The summed E-state index contributed by atoms with van der Waals surface area (Å²) in [7, 11) is 0. The Balaban J connectivity index is 0.00000144. The fraction of sp³-hybridized carbons (Fsp3) is 0.385. The molecule has 0 bridgehead atoms. The van der Waals surface area contributed by atoms with E-state index in [1.807, 2.05) is 18.2 Å². The summed E-state index contributed by atoms with van der Waals surface area (Å²) < 4.78 is 13.7. The smallest absolute Gasteiger partial charge is 0.128 e. The summed E-state index contributed by atoms with van der Waals surface area (Å²) in [6, 6.07) is 6.93. The Labute approximate surface area is 120 Å². The van der Waals surface area contributed by atoms with Crippen LogP contribution in [0.3, 0.4) is 0 Å². The Morgan fingerprint density at radius 3 is 2.39 bits per heavy atom. The number of nitrogens with zero attached hydrogens (tertiary/aromatic N) is 1. The Morgan fingerprint density at radius 2 is 1.83 bits per heavy atom. The summed E-state index contributed by atoms with van der Waals surface area (Å²) in [4.78, 5) is 2.25. The minimum atomic E-state index is -0.147. The van der Waals surface area contributed by atoms with Gasteiger partial charge in [-0.2, -0.15) is 0 Å². The zero-order chi connectivity index (χ0) is 11.4. The molecular formula is C13H19Cl2FN2. The molecular weight excluding hydrogens is 274 g/mol. The fourth-order valence-electron chi connectivity index (χ4n) is 2.15. The molecule has 0 saturated carbocycles. The lowest BCUT2D eigenvalue weighted by atomic mass is 10.0. The third-order valence-electron chi connectivity index (χ3n) is 2.99. The van der Waals surface area contributed by atoms with E-state index in [2.05, 4.69) is 16.8 Å². The molecule has 2 rings (SSSR count). The van der Waals surface area contributed by atoms with E-state index in [4.69, 9.17) is 0 Å². The molecule has 1 aliphatic heterocycles. The highest BCUT2D eigenvalue weighted by atomic mass is 35.5. The van der Waals surface area contributed by atoms with Crippen LogP contribution >= 0.6 is 24.8 Å². The number of halogens is 3. The molecule has 0 aliphatic carbocycles. The first-order valence-electron chi connectivity index (χ1n) is 5.64. The van der Waals surface area contributed by atoms with Crippen molar-refractivity contribution in [2.45, 2.75) is 6.04 Å². The van der Waals surface area contributed by atoms with E-state index < -0.39 is 0 Å². The Kier molecular flexibility index (Phi) is 8.20. The van der Waals surface area contributed by atoms with Crippen LogP contribution in [0, 0.1) is 5.82 Å². The second kappa shape index (κ2) is 8.48. The van der Waals surface area contributed by atoms with Gasteiger partial charge in [0.15, 0.2) is 0 Å². The summed E-state index contributed by atoms with van der Waals surface area (Å²) >= 11 is 0. The largest absolute Gasteiger partial charge is 0.314 e. The van der Waals surface area contributed by atoms with Crippen LogP contribution in [0.15, 0.2) is 36.9 Å². The molecule has 1 aromatic rings. The maximum absolute atomic E-state index is 13.7. The van der Waals surface area contributed by atoms with Crippen molar-refractivity contribution in [3.05, 3.63) is 48.3 Å². The van der Waals surface area contributed by atoms with Gasteiger partial charge in [-0.1, -0.05) is 24.3 Å². The Morgan fingerprint density at radius 1 is 1.22 bits per heavy atom. The van der Waals surface area contributed by atoms with Crippen LogP contribution in [0.2, 0.25) is 0 Å². The standard InChI is InChI=1S/C13H17FN2.2ClH/c1-2-13(16-9-7-15-8-10-16)11-5-3-4-6-12(11)14;;/h2-6,13,15H,1,7-10H2;2*1H/t13-;;/m1../s1. The highest BCUT2D eigenvalue weighted by Gasteiger charge is 2.21. The van der Waals surface area contributed by atoms with Crippen LogP contribution in [0.5, 0.6) is 0 Å². The summed E-state index contributed by atoms with van der Waals surface area (Å²) in [6.07, 6.45) is 1.82. The van der Waals surface area contributed by atoms with Crippen molar-refractivity contribution in [3.63, 3.8) is 0 Å². The van der Waals surface area contributed by atoms with E-state index in [1.165, 1.54) is 6.07 Å². The molecule has 0 spiro atoms. The SMILES string of the molecule is C=C[C@H](c1ccccc1F)N1CCNCC1.Cl.Cl. The molecule has 102 valence electrons. The molecule has 0 aromatic heterocycles. The van der Waals surface area contributed by atoms with E-state index in [1.54, 1.807) is 6.07 Å². The summed E-state index contributed by atoms with van der Waals surface area (Å²) in [5.74, 6) is -0.147. The molecule has 1 heterocycles. The molecule has 0 amide bonds. The van der Waals surface area contributed by atoms with Crippen LogP contribution < -0.4 is 5.32 Å². The normalized spacial score (nSPS) is 17.2. The van der Waals surface area contributed by atoms with Crippen LogP contribution in [-0.4, -0.2) is 31.1 Å². The monoisotopic (exact) mass is 292 g/mol. The molecule has 1 atom stereocenters. The van der Waals surface area contributed by atoms with Crippen molar-refractivity contribution >= 4 is 24.8 Å². The van der Waals surface area contributed by atoms with Gasteiger partial charge in [0.25, 0.3) is 0 Å². The third kappa shape index (κ3) is 3.95. The lowest BCUT2D eigenvalue weighted by Gasteiger charge is -2.33. The van der Waals surface area contributed by atoms with Crippen molar-refractivity contribution < 1.29 is 4.39 Å². The molecule has 5 heteroatoms. The first-order chi connectivity index (χ1) is 7.83. The first-order valence-corrected chi connectivity index (χ1v) is 5.64. The molecule has 1 aliphatic rings. The molecule has 1 saturated heterocycles. The Hall–Kier alpha value is -0.610. The number of hydrogen-bond donors (Lipinski definition) is 1. The van der Waals surface area contributed by atoms with Gasteiger partial charge in [-0.3, -0.25) is 4.90 Å². The minimum Gasteiger partial charge on any atom is -0.314 e. The molecule has 18 heavy (non-hydrogen) atoms. The molecule has 0 radical (unpaired) electrons. The van der Waals surface area contributed by atoms with E-state index in [0.717, 1.165) is 31.7 Å². The summed E-state index contributed by atoms with van der Waals surface area (Å²) in [6.45, 7) is 7.61. The van der Waals surface area contributed by atoms with Gasteiger partial charge in [-0.05, 0) is 6.07 Å². The van der Waals surface area contributed by atoms with Gasteiger partial charge in [-0.15, -0.1) is 31.4 Å². The quantitative estimate of drug-likeness (QED) is 0.862. The van der Waals surface area contributed by atoms with Crippen molar-refractivity contribution in [1.82, 2.24) is 10.2 Å². The van der Waals surface area contributed by atoms with E-state index in [0.29, 0.717) is 0 Å². The van der Waals surface area contributed by atoms with Crippen molar-refractivity contribution in [2.24, 2.45) is 0 Å². The van der Waals surface area contributed by atoms with E-state index in [-0.39, 0.29) is 36.7 Å². The van der Waals surface area contributed by atoms with Crippen LogP contribution in [0.1, 0.15) is 11.6 Å². The molecule has 1 aromatic carbocycles. The predicted molar refractivity (Wildman–Crippen MR) is 78.3 cm³/mol. The fourth-order valence-corrected chi connectivity index (χ4v) is 2.15. The van der Waals surface area contributed by atoms with Crippen molar-refractivity contribution in [1.29, 1.82) is 0 Å². The van der Waals surface area contributed by atoms with Crippen molar-refractivity contribution in [2.75, 3.05) is 26.2 Å². The van der Waals surface area contributed by atoms with Crippen LogP contribution in [0.4, 0.5) is 4.39 Å². The molecule has 0 unspecified atom stereocenters. The van der Waals surface area contributed by atoms with Gasteiger partial charge >= 0.3 is 0 Å². The third-order valence-corrected chi connectivity index (χ3v) is 2.99. The van der Waals surface area contributed by atoms with Gasteiger partial charge in [0.05, 0.1) is 6.04 Å². The lowest BCUT2D eigenvalue weighted by molar-refractivity contribution is 0.200. The first kappa shape index (κ1) is 17.4. The van der Waals surface area contributed by atoms with Gasteiger partial charge < -0.3 is 5.32 Å². The summed E-state index contributed by atoms with van der Waals surface area (Å²) in [5.41, 5.74) is 0.722. The predicted octanol–water partition coefficient (Wildman–Crippen LogP) is 2.80. The number of benzene rings is 1. The van der Waals surface area contributed by atoms with Crippen molar-refractivity contribution in [3.8, 4) is 0 Å². The van der Waals surface area contributed by atoms with Gasteiger partial charge in [0.1, 0.15) is 5.82 Å². The lowest BCUT2D eigenvalue weighted by Crippen LogP contribution is -2.44. The maximum atomic E-state index is 13.7. The second-order valence-corrected chi connectivity index (χ2v) is 3.99. The van der Waals surface area contributed by atoms with Gasteiger partial charge in [-0.25, -0.2) is 4.39 Å². The maximum Gasteiger partial charge on any atom is 0.128 e. The highest BCUT2D eigenvalue weighted by Crippen LogP contribution is 2.24. The topological polar surface area (TPSA) is 15.3 Å². The number of nitrogens with one attached hydrogen (secondary N) is 1. The van der Waals surface area contributed by atoms with E-state index >= 15 is 0 Å². The highest BCUT2D eigenvalue weighted by molar-refractivity contribution is 5.85. The average molecular weight is 293 g/mol. The van der Waals surface area contributed by atoms with Gasteiger partial charge in [0.2, 0.25) is 0 Å². The zero-order valence-electron chi connectivity index (χ0n) is 10.1. The second-order valence-electron chi connectivity index (χ2n) is 3.99. The van der Waals surface area contributed by atoms with E-state index in [9.17, 15) is 4.39 Å². The van der Waals surface area contributed by atoms with Crippen LogP contribution in [-0.2, 0) is 0 Å². The van der Waals surface area contributed by atoms with Gasteiger partial charge in [0, 0.05) is 31.7 Å².